The average Bonchev–Trinajstić information content (AvgIpc) is 3.44. The van der Waals surface area contributed by atoms with Crippen molar-refractivity contribution in [3.05, 3.63) is 125 Å². The molecule has 1 aliphatic rings. The highest BCUT2D eigenvalue weighted by Crippen LogP contribution is 2.50. The van der Waals surface area contributed by atoms with Gasteiger partial charge in [-0.2, -0.15) is 0 Å². The van der Waals surface area contributed by atoms with Gasteiger partial charge in [-0.1, -0.05) is 124 Å². The molecule has 39 heavy (non-hydrogen) atoms. The Bertz CT molecular complexity index is 1730. The Morgan fingerprint density at radius 1 is 0.538 bits per heavy atom. The Labute approximate surface area is 241 Å². The Kier molecular flexibility index (Phi) is 7.51. The second-order valence-corrected chi connectivity index (χ2v) is 10.9. The first-order chi connectivity index (χ1) is 19.0. The van der Waals surface area contributed by atoms with E-state index in [2.05, 4.69) is 144 Å². The zero-order chi connectivity index (χ0) is 27.7. The lowest BCUT2D eigenvalue weighted by Crippen LogP contribution is -2.15. The van der Waals surface area contributed by atoms with Gasteiger partial charge in [-0.05, 0) is 75.8 Å². The third kappa shape index (κ3) is 4.41. The van der Waals surface area contributed by atoms with Crippen LogP contribution in [0.5, 0.6) is 0 Å². The maximum Gasteiger partial charge on any atom is 0.0541 e. The molecule has 1 aliphatic carbocycles. The molecular weight excluding hydrogens is 538 g/mol. The SMILES string of the molecule is CC.CC.CC1(C)c2cc(Br)ccc2-c2ccc(-c3cccc(-n4c5ccccc5c5ccccc54)c3)cc21. The highest BCUT2D eigenvalue weighted by Gasteiger charge is 2.35. The summed E-state index contributed by atoms with van der Waals surface area (Å²) in [6.45, 7) is 12.7. The maximum atomic E-state index is 3.67. The van der Waals surface area contributed by atoms with Gasteiger partial charge < -0.3 is 4.57 Å². The largest absolute Gasteiger partial charge is 0.309 e. The van der Waals surface area contributed by atoms with Gasteiger partial charge in [-0.15, -0.1) is 0 Å². The second kappa shape index (κ2) is 10.9. The fourth-order valence-electron chi connectivity index (χ4n) is 5.91. The number of hydrogen-bond acceptors (Lipinski definition) is 0. The molecule has 1 nitrogen and oxygen atoms in total. The lowest BCUT2D eigenvalue weighted by Gasteiger charge is -2.22. The topological polar surface area (TPSA) is 4.93 Å². The number of benzene rings is 5. The number of fused-ring (bicyclic) bond motifs is 6. The fourth-order valence-corrected chi connectivity index (χ4v) is 6.28. The van der Waals surface area contributed by atoms with E-state index in [1.807, 2.05) is 27.7 Å². The molecule has 0 aliphatic heterocycles. The minimum Gasteiger partial charge on any atom is -0.309 e. The molecule has 0 amide bonds. The first-order valence-corrected chi connectivity index (χ1v) is 14.9. The van der Waals surface area contributed by atoms with Gasteiger partial charge in [-0.25, -0.2) is 0 Å². The van der Waals surface area contributed by atoms with Crippen molar-refractivity contribution in [1.29, 1.82) is 0 Å². The highest BCUT2D eigenvalue weighted by atomic mass is 79.9. The number of para-hydroxylation sites is 2. The Balaban J connectivity index is 0.000000738. The normalized spacial score (nSPS) is 12.7. The van der Waals surface area contributed by atoms with Crippen LogP contribution in [0, 0.1) is 0 Å². The van der Waals surface area contributed by atoms with E-state index in [4.69, 9.17) is 0 Å². The molecule has 1 aromatic heterocycles. The summed E-state index contributed by atoms with van der Waals surface area (Å²) in [5.41, 5.74) is 11.6. The van der Waals surface area contributed by atoms with Crippen LogP contribution >= 0.6 is 15.9 Å². The minimum atomic E-state index is -0.0328. The van der Waals surface area contributed by atoms with Crippen LogP contribution in [0.25, 0.3) is 49.7 Å². The number of aromatic nitrogens is 1. The molecule has 1 heterocycles. The quantitative estimate of drug-likeness (QED) is 0.194. The Hall–Kier alpha value is -3.62. The zero-order valence-corrected chi connectivity index (χ0v) is 25.3. The van der Waals surface area contributed by atoms with Crippen molar-refractivity contribution in [3.63, 3.8) is 0 Å². The smallest absolute Gasteiger partial charge is 0.0541 e. The predicted molar refractivity (Wildman–Crippen MR) is 174 cm³/mol. The van der Waals surface area contributed by atoms with Crippen LogP contribution in [-0.4, -0.2) is 4.57 Å². The average molecular weight is 575 g/mol. The van der Waals surface area contributed by atoms with E-state index < -0.39 is 0 Å². The van der Waals surface area contributed by atoms with Gasteiger partial charge in [0.25, 0.3) is 0 Å². The lowest BCUT2D eigenvalue weighted by molar-refractivity contribution is 0.660. The number of rotatable bonds is 2. The van der Waals surface area contributed by atoms with Crippen molar-refractivity contribution < 1.29 is 0 Å². The molecule has 0 saturated carbocycles. The van der Waals surface area contributed by atoms with Gasteiger partial charge >= 0.3 is 0 Å². The summed E-state index contributed by atoms with van der Waals surface area (Å²) < 4.78 is 3.52. The molecule has 0 unspecified atom stereocenters. The van der Waals surface area contributed by atoms with Crippen LogP contribution in [0.2, 0.25) is 0 Å². The molecule has 2 heteroatoms. The van der Waals surface area contributed by atoms with Gasteiger partial charge in [0.2, 0.25) is 0 Å². The van der Waals surface area contributed by atoms with E-state index in [0.29, 0.717) is 0 Å². The molecule has 0 atom stereocenters. The molecule has 7 rings (SSSR count). The molecule has 0 radical (unpaired) electrons. The highest BCUT2D eigenvalue weighted by molar-refractivity contribution is 9.10. The summed E-state index contributed by atoms with van der Waals surface area (Å²) in [5, 5.41) is 2.58. The van der Waals surface area contributed by atoms with Gasteiger partial charge in [0.15, 0.2) is 0 Å². The van der Waals surface area contributed by atoms with Crippen LogP contribution < -0.4 is 0 Å². The lowest BCUT2D eigenvalue weighted by atomic mass is 9.81. The molecular formula is C37H36BrN. The van der Waals surface area contributed by atoms with Crippen molar-refractivity contribution in [1.82, 2.24) is 4.57 Å². The molecule has 0 N–H and O–H groups in total. The van der Waals surface area contributed by atoms with E-state index in [-0.39, 0.29) is 5.41 Å². The molecule has 0 bridgehead atoms. The van der Waals surface area contributed by atoms with E-state index in [0.717, 1.165) is 4.47 Å². The Morgan fingerprint density at radius 3 is 1.72 bits per heavy atom. The van der Waals surface area contributed by atoms with Gasteiger partial charge in [0.05, 0.1) is 11.0 Å². The van der Waals surface area contributed by atoms with Crippen molar-refractivity contribution in [2.75, 3.05) is 0 Å². The standard InChI is InChI=1S/C33H24BrN.2C2H6/c1-33(2)29-19-22(14-16-25(29)26-17-15-23(34)20-30(26)33)21-8-7-9-24(18-21)35-31-12-5-3-10-27(31)28-11-4-6-13-32(28)35;2*1-2/h3-20H,1-2H3;2*1-2H3. The van der Waals surface area contributed by atoms with Crippen molar-refractivity contribution in [2.45, 2.75) is 47.0 Å². The van der Waals surface area contributed by atoms with Crippen molar-refractivity contribution in [2.24, 2.45) is 0 Å². The van der Waals surface area contributed by atoms with E-state index >= 15 is 0 Å². The fraction of sp³-hybridized carbons (Fsp3) is 0.189. The predicted octanol–water partition coefficient (Wildman–Crippen LogP) is 11.6. The first-order valence-electron chi connectivity index (χ1n) is 14.1. The van der Waals surface area contributed by atoms with Crippen molar-refractivity contribution in [3.8, 4) is 27.9 Å². The van der Waals surface area contributed by atoms with Crippen molar-refractivity contribution >= 4 is 37.7 Å². The van der Waals surface area contributed by atoms with Crippen LogP contribution in [0.4, 0.5) is 0 Å². The minimum absolute atomic E-state index is 0.0328. The molecule has 0 saturated heterocycles. The van der Waals surface area contributed by atoms with E-state index in [9.17, 15) is 0 Å². The van der Waals surface area contributed by atoms with Gasteiger partial charge in [0, 0.05) is 26.3 Å². The summed E-state index contributed by atoms with van der Waals surface area (Å²) in [7, 11) is 0. The van der Waals surface area contributed by atoms with Crippen LogP contribution in [0.15, 0.2) is 114 Å². The third-order valence-corrected chi connectivity index (χ3v) is 8.15. The van der Waals surface area contributed by atoms with E-state index in [1.165, 1.54) is 60.9 Å². The van der Waals surface area contributed by atoms with E-state index in [1.54, 1.807) is 0 Å². The summed E-state index contributed by atoms with van der Waals surface area (Å²) in [6, 6.07) is 40.0. The molecule has 5 aromatic carbocycles. The first kappa shape index (κ1) is 27.0. The number of nitrogens with zero attached hydrogens (tertiary/aromatic N) is 1. The zero-order valence-electron chi connectivity index (χ0n) is 23.7. The second-order valence-electron chi connectivity index (χ2n) is 10.00. The van der Waals surface area contributed by atoms with Crippen LogP contribution in [0.3, 0.4) is 0 Å². The van der Waals surface area contributed by atoms with Crippen LogP contribution in [0.1, 0.15) is 52.7 Å². The molecule has 6 aromatic rings. The summed E-state index contributed by atoms with van der Waals surface area (Å²) in [5.74, 6) is 0. The molecule has 0 fully saturated rings. The van der Waals surface area contributed by atoms with Gasteiger partial charge in [0.1, 0.15) is 0 Å². The Morgan fingerprint density at radius 2 is 1.08 bits per heavy atom. The molecule has 196 valence electrons. The maximum absolute atomic E-state index is 3.67. The number of hydrogen-bond donors (Lipinski definition) is 0. The summed E-state index contributed by atoms with van der Waals surface area (Å²) in [6.07, 6.45) is 0. The summed E-state index contributed by atoms with van der Waals surface area (Å²) >= 11 is 3.67. The van der Waals surface area contributed by atoms with Crippen LogP contribution in [-0.2, 0) is 5.41 Å². The number of halogens is 1. The molecule has 0 spiro atoms. The monoisotopic (exact) mass is 573 g/mol. The third-order valence-electron chi connectivity index (χ3n) is 7.66. The van der Waals surface area contributed by atoms with Gasteiger partial charge in [-0.3, -0.25) is 0 Å². The summed E-state index contributed by atoms with van der Waals surface area (Å²) in [4.78, 5) is 0.